The normalized spacial score (nSPS) is 16.9. The molecule has 0 saturated carbocycles. The Morgan fingerprint density at radius 1 is 1.00 bits per heavy atom. The topological polar surface area (TPSA) is 71.6 Å². The van der Waals surface area contributed by atoms with Crippen LogP contribution in [-0.2, 0) is 11.2 Å². The lowest BCUT2D eigenvalue weighted by Crippen LogP contribution is -2.25. The van der Waals surface area contributed by atoms with Crippen molar-refractivity contribution >= 4 is 29.1 Å². The molecule has 1 amide bonds. The number of benzene rings is 3. The summed E-state index contributed by atoms with van der Waals surface area (Å²) >= 11 is 1.41. The molecule has 7 heteroatoms. The highest BCUT2D eigenvalue weighted by atomic mass is 32.2. The molecule has 0 aliphatic carbocycles. The highest BCUT2D eigenvalue weighted by Crippen LogP contribution is 2.25. The van der Waals surface area contributed by atoms with Gasteiger partial charge in [-0.1, -0.05) is 90.1 Å². The predicted molar refractivity (Wildman–Crippen MR) is 138 cm³/mol. The van der Waals surface area contributed by atoms with Crippen molar-refractivity contribution in [2.45, 2.75) is 18.6 Å². The van der Waals surface area contributed by atoms with Gasteiger partial charge in [-0.05, 0) is 31.0 Å². The Balaban J connectivity index is 1.36. The monoisotopic (exact) mass is 465 g/mol. The largest absolute Gasteiger partial charge is 0.303 e. The second kappa shape index (κ2) is 9.89. The maximum Gasteiger partial charge on any atom is 0.239 e. The van der Waals surface area contributed by atoms with E-state index in [0.29, 0.717) is 11.6 Å². The van der Waals surface area contributed by atoms with E-state index in [1.54, 1.807) is 6.21 Å². The Kier molecular flexibility index (Phi) is 6.35. The fourth-order valence-corrected chi connectivity index (χ4v) is 4.65. The molecule has 0 radical (unpaired) electrons. The van der Waals surface area contributed by atoms with Gasteiger partial charge in [0.1, 0.15) is 5.69 Å². The SMILES string of the molecule is Cc1ccc(CC2S/C(=N/N=C/c3cn(-c4ccccc4)nc3-c3ccccc3)NC2=O)cc1. The second-order valence-corrected chi connectivity index (χ2v) is 9.21. The molecule has 1 fully saturated rings. The predicted octanol–water partition coefficient (Wildman–Crippen LogP) is 5.01. The highest BCUT2D eigenvalue weighted by molar-refractivity contribution is 8.15. The van der Waals surface area contributed by atoms with Crippen LogP contribution < -0.4 is 5.32 Å². The number of aryl methyl sites for hydroxylation is 1. The van der Waals surface area contributed by atoms with Crippen LogP contribution in [0, 0.1) is 6.92 Å². The first kappa shape index (κ1) is 21.9. The molecule has 2 heterocycles. The lowest BCUT2D eigenvalue weighted by molar-refractivity contribution is -0.118. The van der Waals surface area contributed by atoms with Crippen molar-refractivity contribution in [3.8, 4) is 16.9 Å². The molecule has 168 valence electrons. The zero-order chi connectivity index (χ0) is 23.3. The van der Waals surface area contributed by atoms with Crippen LogP contribution in [0.15, 0.2) is 101 Å². The van der Waals surface area contributed by atoms with Gasteiger partial charge in [-0.15, -0.1) is 5.10 Å². The fraction of sp³-hybridized carbons (Fsp3) is 0.111. The maximum atomic E-state index is 12.4. The quantitative estimate of drug-likeness (QED) is 0.321. The van der Waals surface area contributed by atoms with Gasteiger partial charge in [0.2, 0.25) is 5.91 Å². The van der Waals surface area contributed by atoms with E-state index in [1.165, 1.54) is 17.3 Å². The van der Waals surface area contributed by atoms with E-state index < -0.39 is 0 Å². The first-order valence-electron chi connectivity index (χ1n) is 11.0. The number of rotatable bonds is 6. The van der Waals surface area contributed by atoms with Gasteiger partial charge in [0.05, 0.1) is 17.2 Å². The Morgan fingerprint density at radius 3 is 2.44 bits per heavy atom. The van der Waals surface area contributed by atoms with E-state index in [-0.39, 0.29) is 11.2 Å². The van der Waals surface area contributed by atoms with E-state index in [0.717, 1.165) is 28.1 Å². The zero-order valence-corrected chi connectivity index (χ0v) is 19.4. The number of nitrogens with zero attached hydrogens (tertiary/aromatic N) is 4. The number of amides is 1. The van der Waals surface area contributed by atoms with Crippen LogP contribution in [-0.4, -0.2) is 32.3 Å². The average molecular weight is 466 g/mol. The number of para-hydroxylation sites is 1. The molecular weight excluding hydrogens is 442 g/mol. The summed E-state index contributed by atoms with van der Waals surface area (Å²) in [6, 6.07) is 28.2. The molecule has 1 unspecified atom stereocenters. The van der Waals surface area contributed by atoms with Gasteiger partial charge in [-0.25, -0.2) is 4.68 Å². The summed E-state index contributed by atoms with van der Waals surface area (Å²) in [5.41, 5.74) is 5.94. The second-order valence-electron chi connectivity index (χ2n) is 8.01. The van der Waals surface area contributed by atoms with Crippen molar-refractivity contribution in [1.82, 2.24) is 15.1 Å². The third kappa shape index (κ3) is 5.00. The smallest absolute Gasteiger partial charge is 0.239 e. The van der Waals surface area contributed by atoms with Gasteiger partial charge in [-0.3, -0.25) is 4.79 Å². The molecule has 1 N–H and O–H groups in total. The molecule has 0 spiro atoms. The third-order valence-corrected chi connectivity index (χ3v) is 6.55. The van der Waals surface area contributed by atoms with Crippen molar-refractivity contribution < 1.29 is 4.79 Å². The first-order chi connectivity index (χ1) is 16.7. The van der Waals surface area contributed by atoms with Crippen LogP contribution in [0.5, 0.6) is 0 Å². The summed E-state index contributed by atoms with van der Waals surface area (Å²) in [6.07, 6.45) is 4.27. The molecule has 1 aromatic heterocycles. The number of hydrogen-bond acceptors (Lipinski definition) is 5. The number of aromatic nitrogens is 2. The maximum absolute atomic E-state index is 12.4. The Hall–Kier alpha value is -3.97. The van der Waals surface area contributed by atoms with Crippen LogP contribution in [0.3, 0.4) is 0 Å². The number of thioether (sulfide) groups is 1. The van der Waals surface area contributed by atoms with E-state index in [9.17, 15) is 4.79 Å². The number of amidine groups is 1. The fourth-order valence-electron chi connectivity index (χ4n) is 3.68. The Morgan fingerprint density at radius 2 is 1.71 bits per heavy atom. The number of carbonyl (C=O) groups excluding carboxylic acids is 1. The lowest BCUT2D eigenvalue weighted by Gasteiger charge is -2.05. The Bertz CT molecular complexity index is 1350. The lowest BCUT2D eigenvalue weighted by atomic mass is 10.1. The number of hydrogen-bond donors (Lipinski definition) is 1. The van der Waals surface area contributed by atoms with Crippen molar-refractivity contribution in [2.75, 3.05) is 0 Å². The number of nitrogens with one attached hydrogen (secondary N) is 1. The third-order valence-electron chi connectivity index (χ3n) is 5.47. The van der Waals surface area contributed by atoms with Gasteiger partial charge in [0, 0.05) is 17.3 Å². The zero-order valence-electron chi connectivity index (χ0n) is 18.6. The van der Waals surface area contributed by atoms with Crippen molar-refractivity contribution in [3.63, 3.8) is 0 Å². The molecule has 34 heavy (non-hydrogen) atoms. The molecule has 1 aliphatic rings. The van der Waals surface area contributed by atoms with E-state index >= 15 is 0 Å². The Labute approximate surface area is 202 Å². The minimum Gasteiger partial charge on any atom is -0.303 e. The minimum atomic E-state index is -0.211. The van der Waals surface area contributed by atoms with Crippen LogP contribution in [0.2, 0.25) is 0 Å². The summed E-state index contributed by atoms with van der Waals surface area (Å²) in [4.78, 5) is 12.4. The standard InChI is InChI=1S/C27H23N5OS/c1-19-12-14-20(15-13-19)16-24-26(33)29-27(34-24)30-28-17-22-18-32(23-10-6-3-7-11-23)31-25(22)21-8-4-2-5-9-21/h2-15,17-18,24H,16H2,1H3,(H,29,30,33)/b28-17+. The summed E-state index contributed by atoms with van der Waals surface area (Å²) in [7, 11) is 0. The van der Waals surface area contributed by atoms with Crippen LogP contribution in [0.25, 0.3) is 16.9 Å². The number of carbonyl (C=O) groups is 1. The van der Waals surface area contributed by atoms with Crippen molar-refractivity contribution in [1.29, 1.82) is 0 Å². The van der Waals surface area contributed by atoms with Crippen LogP contribution >= 0.6 is 11.8 Å². The molecule has 1 aliphatic heterocycles. The molecule has 6 nitrogen and oxygen atoms in total. The highest BCUT2D eigenvalue weighted by Gasteiger charge is 2.30. The van der Waals surface area contributed by atoms with E-state index in [1.807, 2.05) is 71.5 Å². The molecule has 1 saturated heterocycles. The molecule has 0 bridgehead atoms. The minimum absolute atomic E-state index is 0.0404. The van der Waals surface area contributed by atoms with Gasteiger partial charge in [-0.2, -0.15) is 10.2 Å². The first-order valence-corrected chi connectivity index (χ1v) is 11.9. The summed E-state index contributed by atoms with van der Waals surface area (Å²) in [5, 5.41) is 16.5. The molecule has 1 atom stereocenters. The van der Waals surface area contributed by atoms with Gasteiger partial charge >= 0.3 is 0 Å². The molecule has 3 aromatic carbocycles. The van der Waals surface area contributed by atoms with E-state index in [4.69, 9.17) is 5.10 Å². The van der Waals surface area contributed by atoms with E-state index in [2.05, 4.69) is 46.7 Å². The summed E-state index contributed by atoms with van der Waals surface area (Å²) in [5.74, 6) is -0.0404. The van der Waals surface area contributed by atoms with Gasteiger partial charge in [0.15, 0.2) is 5.17 Å². The molecular formula is C27H23N5OS. The van der Waals surface area contributed by atoms with Crippen molar-refractivity contribution in [3.05, 3.63) is 108 Å². The summed E-state index contributed by atoms with van der Waals surface area (Å²) in [6.45, 7) is 2.05. The summed E-state index contributed by atoms with van der Waals surface area (Å²) < 4.78 is 1.83. The van der Waals surface area contributed by atoms with Crippen LogP contribution in [0.4, 0.5) is 0 Å². The van der Waals surface area contributed by atoms with Gasteiger partial charge < -0.3 is 5.32 Å². The van der Waals surface area contributed by atoms with Gasteiger partial charge in [0.25, 0.3) is 0 Å². The average Bonchev–Trinajstić information content (AvgIpc) is 3.45. The molecule has 5 rings (SSSR count). The van der Waals surface area contributed by atoms with Crippen molar-refractivity contribution in [2.24, 2.45) is 10.2 Å². The van der Waals surface area contributed by atoms with Crippen LogP contribution in [0.1, 0.15) is 16.7 Å². The molecule has 4 aromatic rings.